The number of likely N-dealkylation sites (tertiary alicyclic amines) is 1. The molecule has 0 aromatic rings. The number of hydrogen-bond donors (Lipinski definition) is 2. The Hall–Kier alpha value is -0.160. The van der Waals surface area contributed by atoms with Gasteiger partial charge < -0.3 is 15.5 Å². The van der Waals surface area contributed by atoms with E-state index >= 15 is 0 Å². The molecule has 0 bridgehead atoms. The fourth-order valence-electron chi connectivity index (χ4n) is 3.74. The summed E-state index contributed by atoms with van der Waals surface area (Å²) in [4.78, 5) is 5.08. The summed E-state index contributed by atoms with van der Waals surface area (Å²) >= 11 is 0. The maximum atomic E-state index is 3.72. The highest BCUT2D eigenvalue weighted by Gasteiger charge is 2.45. The van der Waals surface area contributed by atoms with Crippen LogP contribution >= 0.6 is 0 Å². The maximum Gasteiger partial charge on any atom is 0.0755 e. The Morgan fingerprint density at radius 1 is 1.12 bits per heavy atom. The summed E-state index contributed by atoms with van der Waals surface area (Å²) in [6.07, 6.45) is 4.59. The summed E-state index contributed by atoms with van der Waals surface area (Å²) in [6, 6.07) is 0.691. The molecule has 2 N–H and O–H groups in total. The lowest BCUT2D eigenvalue weighted by Gasteiger charge is -2.54. The van der Waals surface area contributed by atoms with Crippen molar-refractivity contribution in [3.05, 3.63) is 0 Å². The van der Waals surface area contributed by atoms with Crippen LogP contribution in [-0.4, -0.2) is 68.8 Å². The third-order valence-corrected chi connectivity index (χ3v) is 5.08. The van der Waals surface area contributed by atoms with Gasteiger partial charge in [0.1, 0.15) is 0 Å². The average molecular weight is 238 g/mol. The molecule has 3 aliphatic heterocycles. The van der Waals surface area contributed by atoms with Gasteiger partial charge in [-0.05, 0) is 51.9 Å². The van der Waals surface area contributed by atoms with E-state index in [4.69, 9.17) is 0 Å². The van der Waals surface area contributed by atoms with Gasteiger partial charge in [0.25, 0.3) is 0 Å². The molecule has 3 heterocycles. The standard InChI is InChI=1S/C13H26N4/c1-16-7-4-13(9-14-10-13)8-11(16)12-15-5-3-6-17(12)2/h11-12,14-15H,3-10H2,1-2H3. The Balaban J connectivity index is 1.70. The van der Waals surface area contributed by atoms with E-state index in [0.29, 0.717) is 17.6 Å². The zero-order chi connectivity index (χ0) is 11.9. The van der Waals surface area contributed by atoms with Crippen molar-refractivity contribution >= 4 is 0 Å². The molecule has 3 fully saturated rings. The number of hydrogen-bond acceptors (Lipinski definition) is 4. The fourth-order valence-corrected chi connectivity index (χ4v) is 3.74. The van der Waals surface area contributed by atoms with Gasteiger partial charge in [-0.3, -0.25) is 4.90 Å². The van der Waals surface area contributed by atoms with Crippen LogP contribution in [-0.2, 0) is 0 Å². The second-order valence-electron chi connectivity index (χ2n) is 6.34. The molecule has 0 aliphatic carbocycles. The summed E-state index contributed by atoms with van der Waals surface area (Å²) in [6.45, 7) is 6.18. The van der Waals surface area contributed by atoms with E-state index in [1.165, 1.54) is 52.0 Å². The Labute approximate surface area is 105 Å². The van der Waals surface area contributed by atoms with Crippen molar-refractivity contribution in [1.82, 2.24) is 20.4 Å². The summed E-state index contributed by atoms with van der Waals surface area (Å²) in [5.74, 6) is 0. The van der Waals surface area contributed by atoms with Gasteiger partial charge >= 0.3 is 0 Å². The van der Waals surface area contributed by atoms with Crippen molar-refractivity contribution in [1.29, 1.82) is 0 Å². The second kappa shape index (κ2) is 4.50. The minimum absolute atomic E-state index is 0.562. The molecular formula is C13H26N4. The van der Waals surface area contributed by atoms with Gasteiger partial charge in [0, 0.05) is 25.7 Å². The first-order chi connectivity index (χ1) is 8.20. The van der Waals surface area contributed by atoms with Crippen LogP contribution < -0.4 is 10.6 Å². The largest absolute Gasteiger partial charge is 0.316 e. The molecular weight excluding hydrogens is 212 g/mol. The molecule has 0 amide bonds. The van der Waals surface area contributed by atoms with E-state index in [1.807, 2.05) is 0 Å². The zero-order valence-electron chi connectivity index (χ0n) is 11.2. The molecule has 17 heavy (non-hydrogen) atoms. The third-order valence-electron chi connectivity index (χ3n) is 5.08. The van der Waals surface area contributed by atoms with Crippen LogP contribution in [0.2, 0.25) is 0 Å². The molecule has 2 atom stereocenters. The van der Waals surface area contributed by atoms with Crippen LogP contribution in [0.15, 0.2) is 0 Å². The second-order valence-corrected chi connectivity index (χ2v) is 6.34. The minimum atomic E-state index is 0.562. The Morgan fingerprint density at radius 2 is 1.94 bits per heavy atom. The van der Waals surface area contributed by atoms with Gasteiger partial charge in [-0.25, -0.2) is 0 Å². The van der Waals surface area contributed by atoms with Gasteiger partial charge in [0.15, 0.2) is 0 Å². The van der Waals surface area contributed by atoms with Crippen LogP contribution in [0.4, 0.5) is 0 Å². The highest BCUT2D eigenvalue weighted by Crippen LogP contribution is 2.38. The lowest BCUT2D eigenvalue weighted by Crippen LogP contribution is -2.67. The van der Waals surface area contributed by atoms with Crippen molar-refractivity contribution in [2.75, 3.05) is 46.8 Å². The van der Waals surface area contributed by atoms with Crippen LogP contribution in [0.1, 0.15) is 19.3 Å². The molecule has 0 saturated carbocycles. The molecule has 4 nitrogen and oxygen atoms in total. The summed E-state index contributed by atoms with van der Waals surface area (Å²) < 4.78 is 0. The monoisotopic (exact) mass is 238 g/mol. The predicted molar refractivity (Wildman–Crippen MR) is 70.0 cm³/mol. The highest BCUT2D eigenvalue weighted by atomic mass is 15.3. The summed E-state index contributed by atoms with van der Waals surface area (Å²) in [7, 11) is 4.57. The summed E-state index contributed by atoms with van der Waals surface area (Å²) in [5, 5.41) is 7.19. The zero-order valence-corrected chi connectivity index (χ0v) is 11.2. The molecule has 4 heteroatoms. The van der Waals surface area contributed by atoms with Gasteiger partial charge in [0.05, 0.1) is 6.17 Å². The van der Waals surface area contributed by atoms with Crippen LogP contribution in [0.3, 0.4) is 0 Å². The molecule has 0 aromatic carbocycles. The minimum Gasteiger partial charge on any atom is -0.316 e. The molecule has 0 aromatic heterocycles. The van der Waals surface area contributed by atoms with Gasteiger partial charge in [0.2, 0.25) is 0 Å². The van der Waals surface area contributed by atoms with Gasteiger partial charge in [-0.15, -0.1) is 0 Å². The third kappa shape index (κ3) is 2.12. The molecule has 1 spiro atoms. The Kier molecular flexibility index (Phi) is 3.15. The molecule has 3 aliphatic rings. The quantitative estimate of drug-likeness (QED) is 0.669. The van der Waals surface area contributed by atoms with Crippen molar-refractivity contribution in [2.45, 2.75) is 31.5 Å². The molecule has 2 unspecified atom stereocenters. The van der Waals surface area contributed by atoms with E-state index in [2.05, 4.69) is 34.5 Å². The fraction of sp³-hybridized carbons (Fsp3) is 1.00. The summed E-state index contributed by atoms with van der Waals surface area (Å²) in [5.41, 5.74) is 0.622. The topological polar surface area (TPSA) is 30.5 Å². The molecule has 0 radical (unpaired) electrons. The number of rotatable bonds is 1. The lowest BCUT2D eigenvalue weighted by molar-refractivity contribution is -0.0244. The van der Waals surface area contributed by atoms with E-state index in [1.54, 1.807) is 0 Å². The van der Waals surface area contributed by atoms with E-state index in [0.717, 1.165) is 0 Å². The number of likely N-dealkylation sites (N-methyl/N-ethyl adjacent to an activating group) is 2. The Bertz CT molecular complexity index is 277. The van der Waals surface area contributed by atoms with Crippen molar-refractivity contribution in [3.63, 3.8) is 0 Å². The highest BCUT2D eigenvalue weighted by molar-refractivity contribution is 5.02. The molecule has 98 valence electrons. The van der Waals surface area contributed by atoms with Crippen LogP contribution in [0.25, 0.3) is 0 Å². The first-order valence-corrected chi connectivity index (χ1v) is 7.05. The molecule has 3 rings (SSSR count). The number of piperidine rings is 1. The number of nitrogens with zero attached hydrogens (tertiary/aromatic N) is 2. The smallest absolute Gasteiger partial charge is 0.0755 e. The first kappa shape index (κ1) is 11.9. The molecule has 3 saturated heterocycles. The van der Waals surface area contributed by atoms with E-state index < -0.39 is 0 Å². The van der Waals surface area contributed by atoms with Crippen LogP contribution in [0, 0.1) is 5.41 Å². The van der Waals surface area contributed by atoms with E-state index in [-0.39, 0.29) is 0 Å². The van der Waals surface area contributed by atoms with Crippen LogP contribution in [0.5, 0.6) is 0 Å². The average Bonchev–Trinajstić information content (AvgIpc) is 2.29. The first-order valence-electron chi connectivity index (χ1n) is 7.05. The van der Waals surface area contributed by atoms with Crippen molar-refractivity contribution in [2.24, 2.45) is 5.41 Å². The Morgan fingerprint density at radius 3 is 2.59 bits per heavy atom. The van der Waals surface area contributed by atoms with Crippen molar-refractivity contribution in [3.8, 4) is 0 Å². The van der Waals surface area contributed by atoms with E-state index in [9.17, 15) is 0 Å². The van der Waals surface area contributed by atoms with Gasteiger partial charge in [-0.1, -0.05) is 0 Å². The number of nitrogens with one attached hydrogen (secondary N) is 2. The predicted octanol–water partition coefficient (Wildman–Crippen LogP) is -0.0786. The normalized spacial score (nSPS) is 39.2. The maximum absolute atomic E-state index is 3.72. The SMILES string of the molecule is CN1CCC2(CNC2)CC1C1NCCCN1C. The van der Waals surface area contributed by atoms with Gasteiger partial charge in [-0.2, -0.15) is 0 Å². The lowest BCUT2D eigenvalue weighted by atomic mass is 9.70. The van der Waals surface area contributed by atoms with Crippen molar-refractivity contribution < 1.29 is 0 Å².